The molecule has 2 aromatic rings. The zero-order chi connectivity index (χ0) is 15.9. The molecule has 3 rings (SSSR count). The first-order valence-corrected chi connectivity index (χ1v) is 9.87. The van der Waals surface area contributed by atoms with Crippen LogP contribution in [-0.2, 0) is 24.3 Å². The third kappa shape index (κ3) is 5.34. The second kappa shape index (κ2) is 8.47. The Kier molecular flexibility index (Phi) is 6.07. The highest BCUT2D eigenvalue weighted by Gasteiger charge is 2.13. The van der Waals surface area contributed by atoms with Crippen LogP contribution in [0.5, 0.6) is 0 Å². The van der Waals surface area contributed by atoms with Crippen LogP contribution in [0.4, 0.5) is 0 Å². The highest BCUT2D eigenvalue weighted by atomic mass is 32.2. The molecule has 1 aliphatic rings. The molecule has 2 heterocycles. The second-order valence-corrected chi connectivity index (χ2v) is 7.73. The molecule has 1 amide bonds. The minimum atomic E-state index is 0.0316. The molecule has 1 saturated heterocycles. The van der Waals surface area contributed by atoms with Gasteiger partial charge in [-0.2, -0.15) is 11.8 Å². The number of benzene rings is 1. The Morgan fingerprint density at radius 2 is 2.00 bits per heavy atom. The number of amides is 1. The van der Waals surface area contributed by atoms with Gasteiger partial charge in [0.1, 0.15) is 5.01 Å². The number of carbonyl (C=O) groups excluding carboxylic acids is 1. The minimum absolute atomic E-state index is 0.0316. The van der Waals surface area contributed by atoms with E-state index in [1.807, 2.05) is 42.1 Å². The number of thioether (sulfide) groups is 1. The van der Waals surface area contributed by atoms with Crippen LogP contribution in [0.15, 0.2) is 35.7 Å². The van der Waals surface area contributed by atoms with E-state index in [-0.39, 0.29) is 5.91 Å². The smallest absolute Gasteiger partial charge is 0.227 e. The van der Waals surface area contributed by atoms with Gasteiger partial charge in [-0.1, -0.05) is 30.3 Å². The van der Waals surface area contributed by atoms with Crippen LogP contribution in [-0.4, -0.2) is 40.4 Å². The molecule has 0 bridgehead atoms. The van der Waals surface area contributed by atoms with Crippen LogP contribution in [0.2, 0.25) is 0 Å². The lowest BCUT2D eigenvalue weighted by atomic mass is 10.2. The molecule has 1 fully saturated rings. The molecule has 122 valence electrons. The van der Waals surface area contributed by atoms with Gasteiger partial charge < -0.3 is 5.32 Å². The predicted molar refractivity (Wildman–Crippen MR) is 96.7 cm³/mol. The first kappa shape index (κ1) is 16.5. The molecule has 4 nitrogen and oxygen atoms in total. The van der Waals surface area contributed by atoms with Crippen molar-refractivity contribution in [1.82, 2.24) is 15.2 Å². The summed E-state index contributed by atoms with van der Waals surface area (Å²) in [5.74, 6) is 2.45. The van der Waals surface area contributed by atoms with Crippen molar-refractivity contribution in [1.29, 1.82) is 0 Å². The first-order chi connectivity index (χ1) is 11.3. The molecule has 1 aromatic heterocycles. The Labute approximate surface area is 145 Å². The number of hydrogen-bond donors (Lipinski definition) is 1. The quantitative estimate of drug-likeness (QED) is 0.872. The standard InChI is InChI=1S/C17H21N3OS2/c21-16(18-11-14-4-2-1-3-5-14)10-17-19-15(13-23-17)12-20-6-8-22-9-7-20/h1-5,13H,6-12H2,(H,18,21). The summed E-state index contributed by atoms with van der Waals surface area (Å²) < 4.78 is 0. The average Bonchev–Trinajstić information content (AvgIpc) is 3.02. The molecule has 0 radical (unpaired) electrons. The summed E-state index contributed by atoms with van der Waals surface area (Å²) in [5.41, 5.74) is 2.21. The molecule has 0 unspecified atom stereocenters. The Hall–Kier alpha value is -1.37. The predicted octanol–water partition coefficient (Wildman–Crippen LogP) is 2.55. The summed E-state index contributed by atoms with van der Waals surface area (Å²) in [4.78, 5) is 19.1. The number of thiazole rings is 1. The van der Waals surface area contributed by atoms with E-state index in [2.05, 4.69) is 20.6 Å². The fourth-order valence-electron chi connectivity index (χ4n) is 2.49. The van der Waals surface area contributed by atoms with Crippen molar-refractivity contribution in [3.63, 3.8) is 0 Å². The van der Waals surface area contributed by atoms with Crippen molar-refractivity contribution in [2.45, 2.75) is 19.5 Å². The Morgan fingerprint density at radius 1 is 1.22 bits per heavy atom. The van der Waals surface area contributed by atoms with Gasteiger partial charge in [0.25, 0.3) is 0 Å². The van der Waals surface area contributed by atoms with E-state index < -0.39 is 0 Å². The van der Waals surface area contributed by atoms with Crippen molar-refractivity contribution in [3.05, 3.63) is 52.0 Å². The normalized spacial score (nSPS) is 15.5. The van der Waals surface area contributed by atoms with Crippen LogP contribution < -0.4 is 5.32 Å². The molecule has 23 heavy (non-hydrogen) atoms. The molecule has 1 aromatic carbocycles. The summed E-state index contributed by atoms with van der Waals surface area (Å²) in [6, 6.07) is 9.96. The Balaban J connectivity index is 1.45. The second-order valence-electron chi connectivity index (χ2n) is 5.56. The van der Waals surface area contributed by atoms with Gasteiger partial charge in [0.15, 0.2) is 0 Å². The number of nitrogens with one attached hydrogen (secondary N) is 1. The van der Waals surface area contributed by atoms with Crippen molar-refractivity contribution in [2.24, 2.45) is 0 Å². The zero-order valence-electron chi connectivity index (χ0n) is 13.0. The molecule has 0 spiro atoms. The van der Waals surface area contributed by atoms with Gasteiger partial charge in [-0.15, -0.1) is 11.3 Å². The van der Waals surface area contributed by atoms with Crippen LogP contribution in [0, 0.1) is 0 Å². The van der Waals surface area contributed by atoms with Gasteiger partial charge in [0.05, 0.1) is 12.1 Å². The SMILES string of the molecule is O=C(Cc1nc(CN2CCSCC2)cs1)NCc1ccccc1. The molecule has 1 aliphatic heterocycles. The lowest BCUT2D eigenvalue weighted by molar-refractivity contribution is -0.120. The van der Waals surface area contributed by atoms with Crippen molar-refractivity contribution >= 4 is 29.0 Å². The van der Waals surface area contributed by atoms with Gasteiger partial charge in [-0.05, 0) is 5.56 Å². The summed E-state index contributed by atoms with van der Waals surface area (Å²) in [5, 5.41) is 5.94. The van der Waals surface area contributed by atoms with E-state index in [0.29, 0.717) is 13.0 Å². The highest BCUT2D eigenvalue weighted by Crippen LogP contribution is 2.15. The van der Waals surface area contributed by atoms with Crippen molar-refractivity contribution in [2.75, 3.05) is 24.6 Å². The Morgan fingerprint density at radius 3 is 2.78 bits per heavy atom. The molecular formula is C17H21N3OS2. The molecule has 6 heteroatoms. The summed E-state index contributed by atoms with van der Waals surface area (Å²) in [7, 11) is 0. The van der Waals surface area contributed by atoms with E-state index in [1.54, 1.807) is 11.3 Å². The van der Waals surface area contributed by atoms with Crippen molar-refractivity contribution < 1.29 is 4.79 Å². The first-order valence-electron chi connectivity index (χ1n) is 7.83. The maximum Gasteiger partial charge on any atom is 0.227 e. The van der Waals surface area contributed by atoms with Gasteiger partial charge in [0.2, 0.25) is 5.91 Å². The van der Waals surface area contributed by atoms with E-state index in [1.165, 1.54) is 11.5 Å². The number of aromatic nitrogens is 1. The van der Waals surface area contributed by atoms with E-state index in [0.717, 1.165) is 35.9 Å². The molecular weight excluding hydrogens is 326 g/mol. The number of nitrogens with zero attached hydrogens (tertiary/aromatic N) is 2. The van der Waals surface area contributed by atoms with Gasteiger partial charge in [-0.3, -0.25) is 9.69 Å². The Bertz CT molecular complexity index is 624. The third-order valence-electron chi connectivity index (χ3n) is 3.73. The summed E-state index contributed by atoms with van der Waals surface area (Å²) in [6.45, 7) is 3.75. The van der Waals surface area contributed by atoms with E-state index in [4.69, 9.17) is 0 Å². The molecule has 0 atom stereocenters. The largest absolute Gasteiger partial charge is 0.352 e. The monoisotopic (exact) mass is 347 g/mol. The molecule has 0 saturated carbocycles. The van der Waals surface area contributed by atoms with Gasteiger partial charge in [-0.25, -0.2) is 4.98 Å². The summed E-state index contributed by atoms with van der Waals surface area (Å²) >= 11 is 3.60. The third-order valence-corrected chi connectivity index (χ3v) is 5.57. The minimum Gasteiger partial charge on any atom is -0.352 e. The average molecular weight is 348 g/mol. The maximum absolute atomic E-state index is 12.0. The topological polar surface area (TPSA) is 45.2 Å². The van der Waals surface area contributed by atoms with Gasteiger partial charge >= 0.3 is 0 Å². The number of hydrogen-bond acceptors (Lipinski definition) is 5. The zero-order valence-corrected chi connectivity index (χ0v) is 14.7. The number of rotatable bonds is 6. The summed E-state index contributed by atoms with van der Waals surface area (Å²) in [6.07, 6.45) is 0.368. The van der Waals surface area contributed by atoms with Crippen LogP contribution in [0.25, 0.3) is 0 Å². The van der Waals surface area contributed by atoms with E-state index >= 15 is 0 Å². The lowest BCUT2D eigenvalue weighted by Gasteiger charge is -2.25. The fourth-order valence-corrected chi connectivity index (χ4v) is 4.25. The van der Waals surface area contributed by atoms with Crippen LogP contribution in [0.1, 0.15) is 16.3 Å². The molecule has 1 N–H and O–H groups in total. The van der Waals surface area contributed by atoms with E-state index in [9.17, 15) is 4.79 Å². The van der Waals surface area contributed by atoms with Crippen LogP contribution in [0.3, 0.4) is 0 Å². The van der Waals surface area contributed by atoms with Crippen molar-refractivity contribution in [3.8, 4) is 0 Å². The molecule has 0 aliphatic carbocycles. The number of carbonyl (C=O) groups is 1. The highest BCUT2D eigenvalue weighted by molar-refractivity contribution is 7.99. The van der Waals surface area contributed by atoms with Crippen LogP contribution >= 0.6 is 23.1 Å². The van der Waals surface area contributed by atoms with Gasteiger partial charge in [0, 0.05) is 43.1 Å². The lowest BCUT2D eigenvalue weighted by Crippen LogP contribution is -2.32. The maximum atomic E-state index is 12.0. The fraction of sp³-hybridized carbons (Fsp3) is 0.412.